The second kappa shape index (κ2) is 13.4. The van der Waals surface area contributed by atoms with Crippen molar-refractivity contribution in [1.82, 2.24) is 9.55 Å². The first-order valence-corrected chi connectivity index (χ1v) is 14.9. The Morgan fingerprint density at radius 2 is 1.74 bits per heavy atom. The van der Waals surface area contributed by atoms with E-state index in [2.05, 4.69) is 10.3 Å². The minimum atomic E-state index is -0.737. The zero-order valence-corrected chi connectivity index (χ0v) is 25.0. The summed E-state index contributed by atoms with van der Waals surface area (Å²) in [6.07, 6.45) is 7.04. The van der Waals surface area contributed by atoms with Crippen LogP contribution in [-0.2, 0) is 0 Å². The SMILES string of the molecule is COc1cc2c(Oc3ccc(NC(=O)c4cccn(-c5ccc(F)cc5)c4=O)cc3F)ccnc2cc1OCC1CCC(N)CC1. The molecule has 3 aromatic carbocycles. The Morgan fingerprint density at radius 1 is 0.957 bits per heavy atom. The van der Waals surface area contributed by atoms with Crippen LogP contribution >= 0.6 is 0 Å². The number of pyridine rings is 2. The van der Waals surface area contributed by atoms with Gasteiger partial charge in [-0.25, -0.2) is 8.78 Å². The third-order valence-corrected chi connectivity index (χ3v) is 8.06. The number of methoxy groups -OCH3 is 1. The molecule has 3 N–H and O–H groups in total. The minimum absolute atomic E-state index is 0.0846. The van der Waals surface area contributed by atoms with E-state index in [0.29, 0.717) is 46.4 Å². The fourth-order valence-electron chi connectivity index (χ4n) is 5.50. The topological polar surface area (TPSA) is 118 Å². The van der Waals surface area contributed by atoms with Crippen LogP contribution in [0.5, 0.6) is 23.0 Å². The van der Waals surface area contributed by atoms with Crippen molar-refractivity contribution in [2.75, 3.05) is 19.0 Å². The number of carbonyl (C=O) groups excluding carboxylic acids is 1. The fraction of sp³-hybridized carbons (Fsp3) is 0.229. The van der Waals surface area contributed by atoms with Gasteiger partial charge in [-0.15, -0.1) is 0 Å². The van der Waals surface area contributed by atoms with Gasteiger partial charge >= 0.3 is 0 Å². The monoisotopic (exact) mass is 626 g/mol. The molecule has 1 amide bonds. The molecule has 6 rings (SSSR count). The van der Waals surface area contributed by atoms with E-state index in [0.717, 1.165) is 31.7 Å². The van der Waals surface area contributed by atoms with Crippen LogP contribution in [0.25, 0.3) is 16.6 Å². The van der Waals surface area contributed by atoms with Crippen molar-refractivity contribution in [3.63, 3.8) is 0 Å². The molecule has 0 unspecified atom stereocenters. The Hall–Kier alpha value is -5.29. The van der Waals surface area contributed by atoms with Crippen LogP contribution in [0, 0.1) is 17.6 Å². The average molecular weight is 627 g/mol. The maximum atomic E-state index is 15.3. The Labute approximate surface area is 263 Å². The molecule has 1 fully saturated rings. The maximum Gasteiger partial charge on any atom is 0.267 e. The van der Waals surface area contributed by atoms with Crippen LogP contribution in [0.1, 0.15) is 36.0 Å². The van der Waals surface area contributed by atoms with Gasteiger partial charge in [0.25, 0.3) is 11.5 Å². The lowest BCUT2D eigenvalue weighted by molar-refractivity contribution is 0.102. The number of nitrogens with zero attached hydrogens (tertiary/aromatic N) is 2. The Balaban J connectivity index is 1.17. The highest BCUT2D eigenvalue weighted by atomic mass is 19.1. The number of carbonyl (C=O) groups is 1. The molecule has 11 heteroatoms. The number of fused-ring (bicyclic) bond motifs is 1. The summed E-state index contributed by atoms with van der Waals surface area (Å²) < 4.78 is 47.5. The maximum absolute atomic E-state index is 15.3. The lowest BCUT2D eigenvalue weighted by Gasteiger charge is -2.26. The van der Waals surface area contributed by atoms with Crippen LogP contribution < -0.4 is 30.8 Å². The van der Waals surface area contributed by atoms with E-state index in [-0.39, 0.29) is 23.0 Å². The van der Waals surface area contributed by atoms with Crippen LogP contribution in [0.2, 0.25) is 0 Å². The number of halogens is 2. The van der Waals surface area contributed by atoms with E-state index in [1.165, 1.54) is 59.3 Å². The quantitative estimate of drug-likeness (QED) is 0.189. The summed E-state index contributed by atoms with van der Waals surface area (Å²) >= 11 is 0. The zero-order chi connectivity index (χ0) is 32.2. The Kier molecular flexibility index (Phi) is 8.93. The summed E-state index contributed by atoms with van der Waals surface area (Å²) in [5.41, 5.74) is 6.34. The van der Waals surface area contributed by atoms with E-state index in [1.807, 2.05) is 0 Å². The molecule has 9 nitrogen and oxygen atoms in total. The highest BCUT2D eigenvalue weighted by molar-refractivity contribution is 6.04. The molecule has 0 aliphatic heterocycles. The molecule has 2 aromatic heterocycles. The van der Waals surface area contributed by atoms with Crippen molar-refractivity contribution in [3.8, 4) is 28.7 Å². The number of amides is 1. The van der Waals surface area contributed by atoms with Crippen LogP contribution in [0.15, 0.2) is 90.0 Å². The summed E-state index contributed by atoms with van der Waals surface area (Å²) in [5, 5.41) is 3.14. The van der Waals surface area contributed by atoms with Crippen molar-refractivity contribution in [3.05, 3.63) is 113 Å². The number of benzene rings is 3. The average Bonchev–Trinajstić information content (AvgIpc) is 3.06. The smallest absolute Gasteiger partial charge is 0.267 e. The third kappa shape index (κ3) is 6.69. The number of hydrogen-bond donors (Lipinski definition) is 2. The molecular formula is C35H32F2N4O5. The van der Waals surface area contributed by atoms with Gasteiger partial charge in [-0.1, -0.05) is 0 Å². The zero-order valence-electron chi connectivity index (χ0n) is 25.0. The molecule has 2 heterocycles. The normalized spacial score (nSPS) is 16.2. The van der Waals surface area contributed by atoms with Crippen LogP contribution in [0.4, 0.5) is 14.5 Å². The van der Waals surface area contributed by atoms with Crippen molar-refractivity contribution >= 4 is 22.5 Å². The molecule has 0 spiro atoms. The first kappa shape index (κ1) is 30.7. The predicted molar refractivity (Wildman–Crippen MR) is 170 cm³/mol. The molecule has 0 bridgehead atoms. The van der Waals surface area contributed by atoms with E-state index >= 15 is 4.39 Å². The highest BCUT2D eigenvalue weighted by Gasteiger charge is 2.21. The van der Waals surface area contributed by atoms with Crippen molar-refractivity contribution in [1.29, 1.82) is 0 Å². The number of nitrogens with one attached hydrogen (secondary N) is 1. The van der Waals surface area contributed by atoms with Gasteiger partial charge < -0.3 is 25.3 Å². The summed E-state index contributed by atoms with van der Waals surface area (Å²) in [6, 6.07) is 17.5. The number of aromatic nitrogens is 2. The second-order valence-electron chi connectivity index (χ2n) is 11.2. The van der Waals surface area contributed by atoms with Gasteiger partial charge in [0.05, 0.1) is 19.2 Å². The first-order valence-electron chi connectivity index (χ1n) is 14.9. The van der Waals surface area contributed by atoms with Gasteiger partial charge in [-0.3, -0.25) is 19.1 Å². The first-order chi connectivity index (χ1) is 22.3. The predicted octanol–water partition coefficient (Wildman–Crippen LogP) is 6.61. The van der Waals surface area contributed by atoms with Crippen molar-refractivity contribution in [2.45, 2.75) is 31.7 Å². The lowest BCUT2D eigenvalue weighted by atomic mass is 9.87. The molecule has 5 aromatic rings. The molecule has 236 valence electrons. The summed E-state index contributed by atoms with van der Waals surface area (Å²) in [5.74, 6) is -0.181. The Morgan fingerprint density at radius 3 is 2.48 bits per heavy atom. The fourth-order valence-corrected chi connectivity index (χ4v) is 5.50. The van der Waals surface area contributed by atoms with Crippen molar-refractivity contribution < 1.29 is 27.8 Å². The second-order valence-corrected chi connectivity index (χ2v) is 11.2. The minimum Gasteiger partial charge on any atom is -0.493 e. The molecule has 46 heavy (non-hydrogen) atoms. The van der Waals surface area contributed by atoms with Gasteiger partial charge in [0.2, 0.25) is 0 Å². The van der Waals surface area contributed by atoms with E-state index in [1.54, 1.807) is 31.5 Å². The molecule has 1 saturated carbocycles. The van der Waals surface area contributed by atoms with Gasteiger partial charge in [-0.05, 0) is 92.3 Å². The standard InChI is InChI=1S/C35H32F2N4O5/c1-44-32-18-27-29(19-33(32)45-20-21-4-8-23(38)9-5-21)39-15-14-30(27)46-31-13-10-24(17-28(31)37)40-34(42)26-3-2-16-41(35(26)43)25-11-6-22(36)7-12-25/h2-3,6-7,10-19,21,23H,4-5,8-9,20,38H2,1H3,(H,40,42). The van der Waals surface area contributed by atoms with E-state index in [4.69, 9.17) is 19.9 Å². The number of hydrogen-bond acceptors (Lipinski definition) is 7. The summed E-state index contributed by atoms with van der Waals surface area (Å²) in [6.45, 7) is 0.549. The molecule has 1 aliphatic carbocycles. The summed E-state index contributed by atoms with van der Waals surface area (Å²) in [7, 11) is 1.55. The van der Waals surface area contributed by atoms with Crippen LogP contribution in [0.3, 0.4) is 0 Å². The highest BCUT2D eigenvalue weighted by Crippen LogP contribution is 2.38. The molecule has 0 saturated heterocycles. The Bertz CT molecular complexity index is 1940. The van der Waals surface area contributed by atoms with Crippen molar-refractivity contribution in [2.24, 2.45) is 11.7 Å². The van der Waals surface area contributed by atoms with Gasteiger partial charge in [0, 0.05) is 47.3 Å². The molecule has 0 atom stereocenters. The van der Waals surface area contributed by atoms with E-state index in [9.17, 15) is 14.0 Å². The molecule has 0 radical (unpaired) electrons. The number of anilines is 1. The van der Waals surface area contributed by atoms with Gasteiger partial charge in [0.15, 0.2) is 23.1 Å². The third-order valence-electron chi connectivity index (χ3n) is 8.06. The van der Waals surface area contributed by atoms with E-state index < -0.39 is 23.1 Å². The number of ether oxygens (including phenoxy) is 3. The lowest BCUT2D eigenvalue weighted by Crippen LogP contribution is -2.28. The molecule has 1 aliphatic rings. The molecular weight excluding hydrogens is 594 g/mol. The number of rotatable bonds is 9. The van der Waals surface area contributed by atoms with Crippen LogP contribution in [-0.4, -0.2) is 35.2 Å². The van der Waals surface area contributed by atoms with Gasteiger partial charge in [0.1, 0.15) is 17.1 Å². The number of nitrogens with two attached hydrogens (primary N) is 1. The van der Waals surface area contributed by atoms with Gasteiger partial charge in [-0.2, -0.15) is 0 Å². The summed E-state index contributed by atoms with van der Waals surface area (Å²) in [4.78, 5) is 30.4. The largest absolute Gasteiger partial charge is 0.493 e.